The number of aromatic nitrogens is 3. The Morgan fingerprint density at radius 2 is 1.96 bits per heavy atom. The summed E-state index contributed by atoms with van der Waals surface area (Å²) >= 11 is 8.82. The molecule has 0 atom stereocenters. The van der Waals surface area contributed by atoms with Crippen LogP contribution in [0.1, 0.15) is 16.4 Å². The van der Waals surface area contributed by atoms with E-state index in [2.05, 4.69) is 15.1 Å². The number of ether oxygens (including phenoxy) is 1. The van der Waals surface area contributed by atoms with Crippen molar-refractivity contribution in [1.82, 2.24) is 15.1 Å². The summed E-state index contributed by atoms with van der Waals surface area (Å²) in [6.45, 7) is -0.120. The predicted octanol–water partition coefficient (Wildman–Crippen LogP) is 4.93. The van der Waals surface area contributed by atoms with Gasteiger partial charge in [-0.3, -0.25) is 0 Å². The van der Waals surface area contributed by atoms with Crippen LogP contribution in [0.5, 0.6) is 0 Å². The lowest BCUT2D eigenvalue weighted by molar-refractivity contribution is 0.0424. The molecule has 0 saturated heterocycles. The Morgan fingerprint density at radius 3 is 2.73 bits per heavy atom. The Labute approximate surface area is 161 Å². The van der Waals surface area contributed by atoms with E-state index in [1.807, 2.05) is 16.8 Å². The third-order valence-corrected chi connectivity index (χ3v) is 5.21. The van der Waals surface area contributed by atoms with Crippen LogP contribution in [-0.2, 0) is 11.3 Å². The number of thiophene rings is 1. The number of rotatable bonds is 5. The van der Waals surface area contributed by atoms with E-state index in [4.69, 9.17) is 20.9 Å². The van der Waals surface area contributed by atoms with Crippen molar-refractivity contribution in [2.45, 2.75) is 6.61 Å². The minimum atomic E-state index is -0.533. The van der Waals surface area contributed by atoms with E-state index >= 15 is 0 Å². The minimum absolute atomic E-state index is 0.120. The monoisotopic (exact) mass is 403 g/mol. The largest absolute Gasteiger partial charge is 0.451 e. The highest BCUT2D eigenvalue weighted by Crippen LogP contribution is 2.26. The summed E-state index contributed by atoms with van der Waals surface area (Å²) in [5.41, 5.74) is 2.01. The average molecular weight is 404 g/mol. The normalized spacial score (nSPS) is 10.8. The quantitative estimate of drug-likeness (QED) is 0.439. The molecule has 0 aliphatic carbocycles. The molecular formula is C17H10ClN3O3S2. The van der Waals surface area contributed by atoms with Crippen molar-refractivity contribution in [3.8, 4) is 22.0 Å². The van der Waals surface area contributed by atoms with E-state index in [-0.39, 0.29) is 18.2 Å². The number of nitrogens with zero attached hydrogens (tertiary/aromatic N) is 3. The summed E-state index contributed by atoms with van der Waals surface area (Å²) in [6.07, 6.45) is 0. The molecule has 0 N–H and O–H groups in total. The third-order valence-electron chi connectivity index (χ3n) is 3.38. The lowest BCUT2D eigenvalue weighted by Crippen LogP contribution is -2.05. The molecule has 0 radical (unpaired) electrons. The zero-order valence-corrected chi connectivity index (χ0v) is 15.5. The maximum absolute atomic E-state index is 12.1. The van der Waals surface area contributed by atoms with Crippen LogP contribution >= 0.6 is 34.3 Å². The summed E-state index contributed by atoms with van der Waals surface area (Å²) in [5.74, 6) is 0.0756. The van der Waals surface area contributed by atoms with Crippen molar-refractivity contribution in [3.63, 3.8) is 0 Å². The summed E-state index contributed by atoms with van der Waals surface area (Å²) in [6, 6.07) is 8.99. The lowest BCUT2D eigenvalue weighted by atomic mass is 10.2. The van der Waals surface area contributed by atoms with Gasteiger partial charge in [-0.2, -0.15) is 16.3 Å². The molecule has 3 aromatic heterocycles. The lowest BCUT2D eigenvalue weighted by Gasteiger charge is -1.98. The van der Waals surface area contributed by atoms with Crippen LogP contribution in [-0.4, -0.2) is 21.1 Å². The topological polar surface area (TPSA) is 78.1 Å². The SMILES string of the molecule is O=C(OCc1nc(-c2ccc(Cl)cc2)no1)c1csc(-c2ccsc2)n1. The molecule has 0 saturated carbocycles. The van der Waals surface area contributed by atoms with Crippen LogP contribution in [0.4, 0.5) is 0 Å². The molecule has 130 valence electrons. The molecule has 0 unspecified atom stereocenters. The third kappa shape index (κ3) is 3.67. The van der Waals surface area contributed by atoms with E-state index in [0.29, 0.717) is 10.8 Å². The highest BCUT2D eigenvalue weighted by Gasteiger charge is 2.16. The molecule has 0 aliphatic heterocycles. The van der Waals surface area contributed by atoms with Gasteiger partial charge in [-0.05, 0) is 35.7 Å². The predicted molar refractivity (Wildman–Crippen MR) is 99.3 cm³/mol. The molecule has 0 bridgehead atoms. The van der Waals surface area contributed by atoms with Crippen molar-refractivity contribution in [2.24, 2.45) is 0 Å². The standard InChI is InChI=1S/C17H10ClN3O3S2/c18-12-3-1-10(2-4-12)15-20-14(24-21-15)7-23-17(22)13-9-26-16(19-13)11-5-6-25-8-11/h1-6,8-9H,7H2. The number of hydrogen-bond acceptors (Lipinski definition) is 8. The molecule has 0 amide bonds. The summed E-state index contributed by atoms with van der Waals surface area (Å²) in [5, 5.41) is 10.9. The number of esters is 1. The Kier molecular flexibility index (Phi) is 4.79. The van der Waals surface area contributed by atoms with Crippen LogP contribution in [0.3, 0.4) is 0 Å². The van der Waals surface area contributed by atoms with Crippen LogP contribution in [0.15, 0.2) is 51.0 Å². The summed E-state index contributed by atoms with van der Waals surface area (Å²) < 4.78 is 10.3. The Morgan fingerprint density at radius 1 is 1.12 bits per heavy atom. The first kappa shape index (κ1) is 16.9. The highest BCUT2D eigenvalue weighted by molar-refractivity contribution is 7.14. The molecule has 0 fully saturated rings. The fourth-order valence-electron chi connectivity index (χ4n) is 2.12. The van der Waals surface area contributed by atoms with Gasteiger partial charge in [-0.15, -0.1) is 11.3 Å². The Bertz CT molecular complexity index is 1030. The molecule has 0 spiro atoms. The fourth-order valence-corrected chi connectivity index (χ4v) is 3.74. The molecule has 9 heteroatoms. The van der Waals surface area contributed by atoms with E-state index in [1.165, 1.54) is 11.3 Å². The first-order valence-corrected chi connectivity index (χ1v) is 9.63. The second-order valence-electron chi connectivity index (χ2n) is 5.14. The maximum Gasteiger partial charge on any atom is 0.358 e. The molecule has 0 aliphatic rings. The van der Waals surface area contributed by atoms with Gasteiger partial charge in [0.1, 0.15) is 5.01 Å². The molecule has 6 nitrogen and oxygen atoms in total. The van der Waals surface area contributed by atoms with Crippen LogP contribution in [0, 0.1) is 0 Å². The molecule has 3 heterocycles. The van der Waals surface area contributed by atoms with Crippen molar-refractivity contribution >= 4 is 40.2 Å². The second-order valence-corrected chi connectivity index (χ2v) is 7.22. The Balaban J connectivity index is 1.40. The summed E-state index contributed by atoms with van der Waals surface area (Å²) in [7, 11) is 0. The minimum Gasteiger partial charge on any atom is -0.451 e. The fraction of sp³-hybridized carbons (Fsp3) is 0.0588. The van der Waals surface area contributed by atoms with E-state index < -0.39 is 5.97 Å². The van der Waals surface area contributed by atoms with E-state index in [0.717, 1.165) is 16.1 Å². The van der Waals surface area contributed by atoms with Crippen LogP contribution in [0.2, 0.25) is 5.02 Å². The van der Waals surface area contributed by atoms with Gasteiger partial charge in [0, 0.05) is 26.9 Å². The van der Waals surface area contributed by atoms with Gasteiger partial charge < -0.3 is 9.26 Å². The smallest absolute Gasteiger partial charge is 0.358 e. The number of halogens is 1. The van der Waals surface area contributed by atoms with Crippen molar-refractivity contribution < 1.29 is 14.1 Å². The molecular weight excluding hydrogens is 394 g/mol. The second kappa shape index (κ2) is 7.36. The van der Waals surface area contributed by atoms with Crippen molar-refractivity contribution in [3.05, 3.63) is 63.1 Å². The molecule has 1 aromatic carbocycles. The zero-order valence-electron chi connectivity index (χ0n) is 13.1. The molecule has 4 rings (SSSR count). The van der Waals surface area contributed by atoms with Crippen molar-refractivity contribution in [2.75, 3.05) is 0 Å². The zero-order chi connectivity index (χ0) is 17.9. The van der Waals surface area contributed by atoms with Gasteiger partial charge in [0.2, 0.25) is 5.82 Å². The van der Waals surface area contributed by atoms with Crippen LogP contribution in [0.25, 0.3) is 22.0 Å². The van der Waals surface area contributed by atoms with Gasteiger partial charge in [0.25, 0.3) is 5.89 Å². The maximum atomic E-state index is 12.1. The number of thiazole rings is 1. The van der Waals surface area contributed by atoms with E-state index in [1.54, 1.807) is 41.0 Å². The average Bonchev–Trinajstić information content (AvgIpc) is 3.41. The van der Waals surface area contributed by atoms with Crippen LogP contribution < -0.4 is 0 Å². The van der Waals surface area contributed by atoms with Gasteiger partial charge in [-0.1, -0.05) is 16.8 Å². The first-order chi connectivity index (χ1) is 12.7. The first-order valence-electron chi connectivity index (χ1n) is 7.43. The molecule has 26 heavy (non-hydrogen) atoms. The van der Waals surface area contributed by atoms with Gasteiger partial charge in [0.15, 0.2) is 12.3 Å². The van der Waals surface area contributed by atoms with E-state index in [9.17, 15) is 4.79 Å². The number of benzene rings is 1. The Hall–Kier alpha value is -2.55. The number of hydrogen-bond donors (Lipinski definition) is 0. The highest BCUT2D eigenvalue weighted by atomic mass is 35.5. The van der Waals surface area contributed by atoms with Gasteiger partial charge in [-0.25, -0.2) is 9.78 Å². The van der Waals surface area contributed by atoms with Crippen molar-refractivity contribution in [1.29, 1.82) is 0 Å². The van der Waals surface area contributed by atoms with Gasteiger partial charge >= 0.3 is 5.97 Å². The summed E-state index contributed by atoms with van der Waals surface area (Å²) in [4.78, 5) is 20.6. The molecule has 4 aromatic rings. The van der Waals surface area contributed by atoms with Gasteiger partial charge in [0.05, 0.1) is 0 Å². The number of carbonyl (C=O) groups is 1. The number of carbonyl (C=O) groups excluding carboxylic acids is 1.